The number of azo groups is 1. The Morgan fingerprint density at radius 3 is 2.40 bits per heavy atom. The van der Waals surface area contributed by atoms with Crippen LogP contribution >= 0.6 is 0 Å². The van der Waals surface area contributed by atoms with Crippen molar-refractivity contribution in [1.29, 1.82) is 0 Å². The molecule has 0 bridgehead atoms. The molecule has 6 heteroatoms. The van der Waals surface area contributed by atoms with Gasteiger partial charge in [-0.2, -0.15) is 0 Å². The monoisotopic (exact) mass is 332 g/mol. The van der Waals surface area contributed by atoms with Crippen molar-refractivity contribution in [1.82, 2.24) is 9.38 Å². The fraction of sp³-hybridized carbons (Fsp3) is 0. The van der Waals surface area contributed by atoms with E-state index in [9.17, 15) is 9.50 Å². The largest absolute Gasteiger partial charge is 0.504 e. The summed E-state index contributed by atoms with van der Waals surface area (Å²) in [6.45, 7) is 0. The summed E-state index contributed by atoms with van der Waals surface area (Å²) in [5.41, 5.74) is 2.26. The van der Waals surface area contributed by atoms with Crippen LogP contribution in [0.2, 0.25) is 0 Å². The first-order chi connectivity index (χ1) is 12.2. The Bertz CT molecular complexity index is 1060. The van der Waals surface area contributed by atoms with E-state index in [-0.39, 0.29) is 11.6 Å². The first-order valence-corrected chi connectivity index (χ1v) is 7.65. The SMILES string of the molecule is Oc1cccn2c(N=Nc3ccccc3)c(-c3ccc(F)cc3)nc12. The molecule has 0 fully saturated rings. The molecule has 2 aromatic carbocycles. The molecule has 0 saturated heterocycles. The predicted molar refractivity (Wildman–Crippen MR) is 92.9 cm³/mol. The predicted octanol–water partition coefficient (Wildman–Crippen LogP) is 5.26. The van der Waals surface area contributed by atoms with E-state index in [1.165, 1.54) is 12.1 Å². The van der Waals surface area contributed by atoms with Gasteiger partial charge in [0.05, 0.1) is 5.69 Å². The van der Waals surface area contributed by atoms with Gasteiger partial charge in [-0.15, -0.1) is 10.2 Å². The topological polar surface area (TPSA) is 62.2 Å². The molecule has 122 valence electrons. The Labute approximate surface area is 142 Å². The van der Waals surface area contributed by atoms with Crippen LogP contribution in [0, 0.1) is 5.82 Å². The van der Waals surface area contributed by atoms with Crippen LogP contribution in [0.25, 0.3) is 16.9 Å². The van der Waals surface area contributed by atoms with Gasteiger partial charge in [-0.3, -0.25) is 4.40 Å². The van der Waals surface area contributed by atoms with Gasteiger partial charge >= 0.3 is 0 Å². The minimum Gasteiger partial charge on any atom is -0.504 e. The van der Waals surface area contributed by atoms with Crippen molar-refractivity contribution < 1.29 is 9.50 Å². The highest BCUT2D eigenvalue weighted by molar-refractivity contribution is 5.76. The van der Waals surface area contributed by atoms with Crippen LogP contribution in [0.3, 0.4) is 0 Å². The van der Waals surface area contributed by atoms with Gasteiger partial charge in [0, 0.05) is 11.8 Å². The fourth-order valence-corrected chi connectivity index (χ4v) is 2.54. The Morgan fingerprint density at radius 2 is 1.64 bits per heavy atom. The Hall–Kier alpha value is -3.54. The second-order valence-corrected chi connectivity index (χ2v) is 5.41. The maximum Gasteiger partial charge on any atom is 0.187 e. The van der Waals surface area contributed by atoms with Crippen LogP contribution in [0.5, 0.6) is 5.75 Å². The number of nitrogens with zero attached hydrogens (tertiary/aromatic N) is 4. The number of rotatable bonds is 3. The first-order valence-electron chi connectivity index (χ1n) is 7.65. The third-order valence-electron chi connectivity index (χ3n) is 3.74. The van der Waals surface area contributed by atoms with Gasteiger partial charge in [0.1, 0.15) is 11.5 Å². The summed E-state index contributed by atoms with van der Waals surface area (Å²) in [7, 11) is 0. The summed E-state index contributed by atoms with van der Waals surface area (Å²) in [5, 5.41) is 18.6. The fourth-order valence-electron chi connectivity index (χ4n) is 2.54. The van der Waals surface area contributed by atoms with Crippen LogP contribution < -0.4 is 0 Å². The van der Waals surface area contributed by atoms with Gasteiger partial charge in [0.15, 0.2) is 17.2 Å². The van der Waals surface area contributed by atoms with E-state index in [1.54, 1.807) is 34.9 Å². The van der Waals surface area contributed by atoms with Crippen LogP contribution in [0.15, 0.2) is 83.2 Å². The summed E-state index contributed by atoms with van der Waals surface area (Å²) in [5.74, 6) is 0.163. The molecule has 4 rings (SSSR count). The lowest BCUT2D eigenvalue weighted by molar-refractivity contribution is 0.477. The van der Waals surface area contributed by atoms with Gasteiger partial charge in [-0.05, 0) is 48.5 Å². The number of aromatic nitrogens is 2. The van der Waals surface area contributed by atoms with Crippen LogP contribution in [-0.2, 0) is 0 Å². The summed E-state index contributed by atoms with van der Waals surface area (Å²) in [6.07, 6.45) is 1.74. The van der Waals surface area contributed by atoms with Gasteiger partial charge in [0.25, 0.3) is 0 Å². The van der Waals surface area contributed by atoms with E-state index >= 15 is 0 Å². The minimum absolute atomic E-state index is 0.0343. The van der Waals surface area contributed by atoms with Crippen LogP contribution in [0.4, 0.5) is 15.9 Å². The lowest BCUT2D eigenvalue weighted by Crippen LogP contribution is -1.83. The molecule has 4 aromatic rings. The van der Waals surface area contributed by atoms with E-state index in [0.29, 0.717) is 28.4 Å². The van der Waals surface area contributed by atoms with Crippen molar-refractivity contribution in [3.05, 3.63) is 78.7 Å². The van der Waals surface area contributed by atoms with E-state index < -0.39 is 0 Å². The molecule has 1 N–H and O–H groups in total. The van der Waals surface area contributed by atoms with Gasteiger partial charge in [0.2, 0.25) is 0 Å². The molecular weight excluding hydrogens is 319 g/mol. The quantitative estimate of drug-likeness (QED) is 0.520. The Balaban J connectivity index is 1.91. The lowest BCUT2D eigenvalue weighted by Gasteiger charge is -2.00. The average Bonchev–Trinajstić information content (AvgIpc) is 3.01. The molecule has 0 aliphatic rings. The highest BCUT2D eigenvalue weighted by Gasteiger charge is 2.16. The second kappa shape index (κ2) is 6.16. The number of fused-ring (bicyclic) bond motifs is 1. The van der Waals surface area contributed by atoms with Gasteiger partial charge in [-0.25, -0.2) is 9.37 Å². The van der Waals surface area contributed by atoms with E-state index in [1.807, 2.05) is 30.3 Å². The van der Waals surface area contributed by atoms with Crippen LogP contribution in [0.1, 0.15) is 0 Å². The minimum atomic E-state index is -0.331. The number of aromatic hydroxyl groups is 1. The highest BCUT2D eigenvalue weighted by Crippen LogP contribution is 2.34. The Morgan fingerprint density at radius 1 is 0.880 bits per heavy atom. The van der Waals surface area contributed by atoms with Crippen LogP contribution in [-0.4, -0.2) is 14.5 Å². The highest BCUT2D eigenvalue weighted by atomic mass is 19.1. The molecule has 0 aliphatic heterocycles. The number of hydrogen-bond acceptors (Lipinski definition) is 4. The summed E-state index contributed by atoms with van der Waals surface area (Å²) in [4.78, 5) is 4.46. The standard InChI is InChI=1S/C19H13FN4O/c20-14-10-8-13(9-11-14)17-19(23-22-15-5-2-1-3-6-15)24-12-4-7-16(25)18(24)21-17/h1-12,25H. The smallest absolute Gasteiger partial charge is 0.187 e. The molecule has 0 aliphatic carbocycles. The summed E-state index contributed by atoms with van der Waals surface area (Å²) < 4.78 is 14.9. The maximum atomic E-state index is 13.2. The van der Waals surface area contributed by atoms with E-state index in [4.69, 9.17) is 0 Å². The summed E-state index contributed by atoms with van der Waals surface area (Å²) in [6, 6.07) is 18.5. The lowest BCUT2D eigenvalue weighted by atomic mass is 10.1. The zero-order valence-electron chi connectivity index (χ0n) is 13.0. The summed E-state index contributed by atoms with van der Waals surface area (Å²) >= 11 is 0. The third-order valence-corrected chi connectivity index (χ3v) is 3.74. The molecule has 0 spiro atoms. The number of halogens is 1. The normalized spacial score (nSPS) is 11.4. The number of pyridine rings is 1. The zero-order chi connectivity index (χ0) is 17.2. The number of benzene rings is 2. The molecule has 0 saturated carbocycles. The van der Waals surface area contributed by atoms with Crippen molar-refractivity contribution in [2.24, 2.45) is 10.2 Å². The average molecular weight is 332 g/mol. The molecule has 0 amide bonds. The van der Waals surface area contributed by atoms with Crippen molar-refractivity contribution in [2.45, 2.75) is 0 Å². The molecule has 2 aromatic heterocycles. The molecule has 0 radical (unpaired) electrons. The molecule has 2 heterocycles. The van der Waals surface area contributed by atoms with Crippen molar-refractivity contribution in [3.63, 3.8) is 0 Å². The van der Waals surface area contributed by atoms with Crippen molar-refractivity contribution >= 4 is 17.2 Å². The second-order valence-electron chi connectivity index (χ2n) is 5.41. The van der Waals surface area contributed by atoms with E-state index in [2.05, 4.69) is 15.2 Å². The molecule has 5 nitrogen and oxygen atoms in total. The number of imidazole rings is 1. The molecule has 0 unspecified atom stereocenters. The Kier molecular flexibility index (Phi) is 3.70. The van der Waals surface area contributed by atoms with Gasteiger partial charge in [-0.1, -0.05) is 18.2 Å². The molecular formula is C19H13FN4O. The molecule has 25 heavy (non-hydrogen) atoms. The third kappa shape index (κ3) is 2.85. The molecule has 0 atom stereocenters. The first kappa shape index (κ1) is 15.0. The maximum absolute atomic E-state index is 13.2. The van der Waals surface area contributed by atoms with Gasteiger partial charge < -0.3 is 5.11 Å². The van der Waals surface area contributed by atoms with Crippen molar-refractivity contribution in [2.75, 3.05) is 0 Å². The zero-order valence-corrected chi connectivity index (χ0v) is 13.0. The number of hydrogen-bond donors (Lipinski definition) is 1. The van der Waals surface area contributed by atoms with Crippen molar-refractivity contribution in [3.8, 4) is 17.0 Å². The van der Waals surface area contributed by atoms with E-state index in [0.717, 1.165) is 0 Å².